The molecule has 166 valence electrons. The van der Waals surface area contributed by atoms with Gasteiger partial charge in [-0.05, 0) is 55.4 Å². The van der Waals surface area contributed by atoms with Gasteiger partial charge in [-0.2, -0.15) is 0 Å². The van der Waals surface area contributed by atoms with Gasteiger partial charge in [-0.15, -0.1) is 0 Å². The molecule has 0 aliphatic rings. The molecule has 6 nitrogen and oxygen atoms in total. The Hall–Kier alpha value is -1.67. The third-order valence-corrected chi connectivity index (χ3v) is 5.68. The molecule has 0 radical (unpaired) electrons. The Morgan fingerprint density at radius 3 is 2.30 bits per heavy atom. The molecule has 0 heterocycles. The first-order valence-corrected chi connectivity index (χ1v) is 12.5. The molecule has 0 saturated heterocycles. The zero-order valence-electron chi connectivity index (χ0n) is 17.3. The molecular weight excluding hydrogens is 445 g/mol. The van der Waals surface area contributed by atoms with Crippen molar-refractivity contribution in [1.29, 1.82) is 0 Å². The molecule has 0 amide bonds. The van der Waals surface area contributed by atoms with E-state index in [1.54, 1.807) is 30.3 Å². The summed E-state index contributed by atoms with van der Waals surface area (Å²) in [6.07, 6.45) is 3.38. The van der Waals surface area contributed by atoms with E-state index in [0.717, 1.165) is 51.0 Å². The number of hydrogen-bond donors (Lipinski definition) is 2. The Kier molecular flexibility index (Phi) is 10.0. The van der Waals surface area contributed by atoms with E-state index < -0.39 is 10.0 Å². The van der Waals surface area contributed by atoms with Crippen LogP contribution in [0.3, 0.4) is 0 Å². The van der Waals surface area contributed by atoms with E-state index in [1.165, 1.54) is 0 Å². The van der Waals surface area contributed by atoms with Crippen molar-refractivity contribution in [1.82, 2.24) is 4.90 Å². The number of benzene rings is 2. The largest absolute Gasteiger partial charge is 0.492 e. The quantitative estimate of drug-likeness (QED) is 0.430. The third kappa shape index (κ3) is 9.43. The molecule has 2 N–H and O–H groups in total. The Bertz CT molecular complexity index is 893. The topological polar surface area (TPSA) is 70.7 Å². The Morgan fingerprint density at radius 1 is 0.967 bits per heavy atom. The van der Waals surface area contributed by atoms with Gasteiger partial charge in [0.25, 0.3) is 0 Å². The normalized spacial score (nSPS) is 11.5. The van der Waals surface area contributed by atoms with E-state index in [2.05, 4.69) is 21.9 Å². The smallest absolute Gasteiger partial charge is 0.229 e. The van der Waals surface area contributed by atoms with Crippen molar-refractivity contribution in [2.45, 2.75) is 19.8 Å². The van der Waals surface area contributed by atoms with Gasteiger partial charge >= 0.3 is 0 Å². The van der Waals surface area contributed by atoms with Gasteiger partial charge in [0.2, 0.25) is 10.0 Å². The lowest BCUT2D eigenvalue weighted by Crippen LogP contribution is -2.33. The van der Waals surface area contributed by atoms with Gasteiger partial charge in [-0.25, -0.2) is 8.42 Å². The molecular formula is C21H29Cl2N3O3S. The van der Waals surface area contributed by atoms with Crippen molar-refractivity contribution in [2.24, 2.45) is 0 Å². The number of hydrogen-bond acceptors (Lipinski definition) is 5. The summed E-state index contributed by atoms with van der Waals surface area (Å²) in [5.74, 6) is 0.707. The maximum atomic E-state index is 11.3. The number of halogens is 2. The molecule has 9 heteroatoms. The van der Waals surface area contributed by atoms with Crippen LogP contribution in [-0.4, -0.2) is 52.4 Å². The maximum Gasteiger partial charge on any atom is 0.229 e. The lowest BCUT2D eigenvalue weighted by Gasteiger charge is -2.22. The van der Waals surface area contributed by atoms with E-state index >= 15 is 0 Å². The standard InChI is InChI=1S/C21H29Cl2N3O3S/c1-3-4-12-26(13-11-24-18-7-10-20(22)21(23)16-18)14-15-29-19-8-5-17(6-9-19)25-30(2,27)28/h5-10,16,24-25H,3-4,11-15H2,1-2H3. The Morgan fingerprint density at radius 2 is 1.67 bits per heavy atom. The summed E-state index contributed by atoms with van der Waals surface area (Å²) in [6.45, 7) is 6.19. The highest BCUT2D eigenvalue weighted by molar-refractivity contribution is 7.92. The van der Waals surface area contributed by atoms with Crippen LogP contribution in [0.1, 0.15) is 19.8 Å². The van der Waals surface area contributed by atoms with Gasteiger partial charge < -0.3 is 10.1 Å². The van der Waals surface area contributed by atoms with Gasteiger partial charge in [-0.3, -0.25) is 9.62 Å². The number of unbranched alkanes of at least 4 members (excludes halogenated alkanes) is 1. The average Bonchev–Trinajstić information content (AvgIpc) is 2.68. The fourth-order valence-electron chi connectivity index (χ4n) is 2.81. The molecule has 0 aliphatic heterocycles. The first kappa shape index (κ1) is 24.6. The van der Waals surface area contributed by atoms with E-state index in [4.69, 9.17) is 27.9 Å². The van der Waals surface area contributed by atoms with Gasteiger partial charge in [-0.1, -0.05) is 36.5 Å². The zero-order chi connectivity index (χ0) is 22.0. The fraction of sp³-hybridized carbons (Fsp3) is 0.429. The molecule has 0 unspecified atom stereocenters. The molecule has 2 aromatic carbocycles. The highest BCUT2D eigenvalue weighted by atomic mass is 35.5. The van der Waals surface area contributed by atoms with Crippen LogP contribution >= 0.6 is 23.2 Å². The predicted octanol–water partition coefficient (Wildman–Crippen LogP) is 4.96. The van der Waals surface area contributed by atoms with Crippen LogP contribution in [0.2, 0.25) is 10.0 Å². The molecule has 2 rings (SSSR count). The number of nitrogens with one attached hydrogen (secondary N) is 2. The predicted molar refractivity (Wildman–Crippen MR) is 127 cm³/mol. The van der Waals surface area contributed by atoms with Gasteiger partial charge in [0, 0.05) is 31.0 Å². The molecule has 0 saturated carbocycles. The minimum atomic E-state index is -3.28. The molecule has 0 bridgehead atoms. The molecule has 30 heavy (non-hydrogen) atoms. The monoisotopic (exact) mass is 473 g/mol. The van der Waals surface area contributed by atoms with Crippen LogP contribution < -0.4 is 14.8 Å². The van der Waals surface area contributed by atoms with Crippen molar-refractivity contribution < 1.29 is 13.2 Å². The number of anilines is 2. The number of nitrogens with zero attached hydrogens (tertiary/aromatic N) is 1. The minimum Gasteiger partial charge on any atom is -0.492 e. The number of rotatable bonds is 13. The summed E-state index contributed by atoms with van der Waals surface area (Å²) >= 11 is 12.0. The third-order valence-electron chi connectivity index (χ3n) is 4.34. The molecule has 0 aromatic heterocycles. The highest BCUT2D eigenvalue weighted by Gasteiger charge is 2.07. The van der Waals surface area contributed by atoms with Gasteiger partial charge in [0.1, 0.15) is 12.4 Å². The van der Waals surface area contributed by atoms with Crippen molar-refractivity contribution in [2.75, 3.05) is 49.1 Å². The minimum absolute atomic E-state index is 0.516. The second-order valence-electron chi connectivity index (χ2n) is 7.00. The maximum absolute atomic E-state index is 11.3. The van der Waals surface area contributed by atoms with Crippen LogP contribution in [-0.2, 0) is 10.0 Å². The van der Waals surface area contributed by atoms with Crippen molar-refractivity contribution in [3.05, 3.63) is 52.5 Å². The van der Waals surface area contributed by atoms with E-state index in [0.29, 0.717) is 28.1 Å². The number of ether oxygens (including phenoxy) is 1. The highest BCUT2D eigenvalue weighted by Crippen LogP contribution is 2.24. The fourth-order valence-corrected chi connectivity index (χ4v) is 3.67. The van der Waals surface area contributed by atoms with Gasteiger partial charge in [0.15, 0.2) is 0 Å². The number of sulfonamides is 1. The van der Waals surface area contributed by atoms with Gasteiger partial charge in [0.05, 0.1) is 16.3 Å². The van der Waals surface area contributed by atoms with Crippen LogP contribution in [0.15, 0.2) is 42.5 Å². The van der Waals surface area contributed by atoms with Crippen molar-refractivity contribution >= 4 is 44.6 Å². The first-order chi connectivity index (χ1) is 14.3. The second-order valence-corrected chi connectivity index (χ2v) is 9.56. The SMILES string of the molecule is CCCCN(CCNc1ccc(Cl)c(Cl)c1)CCOc1ccc(NS(C)(=O)=O)cc1. The first-order valence-electron chi connectivity index (χ1n) is 9.89. The van der Waals surface area contributed by atoms with Crippen LogP contribution in [0.25, 0.3) is 0 Å². The molecule has 0 spiro atoms. The summed E-state index contributed by atoms with van der Waals surface area (Å²) < 4.78 is 30.8. The summed E-state index contributed by atoms with van der Waals surface area (Å²) in [6, 6.07) is 12.4. The zero-order valence-corrected chi connectivity index (χ0v) is 19.7. The van der Waals surface area contributed by atoms with E-state index in [9.17, 15) is 8.42 Å². The summed E-state index contributed by atoms with van der Waals surface area (Å²) in [5, 5.41) is 4.45. The van der Waals surface area contributed by atoms with Crippen LogP contribution in [0.4, 0.5) is 11.4 Å². The van der Waals surface area contributed by atoms with E-state index in [1.807, 2.05) is 12.1 Å². The molecule has 2 aromatic rings. The summed E-state index contributed by atoms with van der Waals surface area (Å²) in [5.41, 5.74) is 1.46. The van der Waals surface area contributed by atoms with Crippen LogP contribution in [0.5, 0.6) is 5.75 Å². The van der Waals surface area contributed by atoms with E-state index in [-0.39, 0.29) is 0 Å². The summed E-state index contributed by atoms with van der Waals surface area (Å²) in [7, 11) is -3.28. The Labute approximate surface area is 189 Å². The average molecular weight is 474 g/mol. The lowest BCUT2D eigenvalue weighted by molar-refractivity contribution is 0.211. The molecule has 0 atom stereocenters. The van der Waals surface area contributed by atoms with Crippen molar-refractivity contribution in [3.63, 3.8) is 0 Å². The molecule has 0 aliphatic carbocycles. The van der Waals surface area contributed by atoms with Crippen LogP contribution in [0, 0.1) is 0 Å². The lowest BCUT2D eigenvalue weighted by atomic mass is 10.3. The second kappa shape index (κ2) is 12.2. The molecule has 0 fully saturated rings. The summed E-state index contributed by atoms with van der Waals surface area (Å²) in [4.78, 5) is 2.35. The Balaban J connectivity index is 1.78. The van der Waals surface area contributed by atoms with Crippen molar-refractivity contribution in [3.8, 4) is 5.75 Å².